The highest BCUT2D eigenvalue weighted by Crippen LogP contribution is 2.27. The molecule has 0 amide bonds. The molecular formula is C18H20BrNO5S. The molecule has 2 aromatic rings. The van der Waals surface area contributed by atoms with Crippen molar-refractivity contribution in [1.82, 2.24) is 0 Å². The number of esters is 1. The Kier molecular flexibility index (Phi) is 6.66. The summed E-state index contributed by atoms with van der Waals surface area (Å²) in [4.78, 5) is 11.9. The van der Waals surface area contributed by atoms with Crippen LogP contribution in [0.1, 0.15) is 13.8 Å². The van der Waals surface area contributed by atoms with Gasteiger partial charge in [-0.15, -0.1) is 0 Å². The van der Waals surface area contributed by atoms with Gasteiger partial charge in [0.25, 0.3) is 10.0 Å². The summed E-state index contributed by atoms with van der Waals surface area (Å²) in [5, 5.41) is 0. The van der Waals surface area contributed by atoms with E-state index in [1.54, 1.807) is 36.4 Å². The van der Waals surface area contributed by atoms with Gasteiger partial charge in [-0.2, -0.15) is 0 Å². The summed E-state index contributed by atoms with van der Waals surface area (Å²) in [6.45, 7) is 3.37. The van der Waals surface area contributed by atoms with Crippen LogP contribution in [-0.4, -0.2) is 34.1 Å². The van der Waals surface area contributed by atoms with E-state index in [1.807, 2.05) is 13.8 Å². The number of rotatable bonds is 7. The van der Waals surface area contributed by atoms with Gasteiger partial charge in [0.2, 0.25) is 0 Å². The largest absolute Gasteiger partial charge is 0.491 e. The fourth-order valence-electron chi connectivity index (χ4n) is 2.19. The molecule has 26 heavy (non-hydrogen) atoms. The van der Waals surface area contributed by atoms with Crippen molar-refractivity contribution in [3.8, 4) is 5.75 Å². The molecule has 0 spiro atoms. The van der Waals surface area contributed by atoms with Gasteiger partial charge in [0.1, 0.15) is 12.3 Å². The van der Waals surface area contributed by atoms with Gasteiger partial charge < -0.3 is 9.47 Å². The number of methoxy groups -OCH3 is 1. The molecule has 2 rings (SSSR count). The molecule has 6 nitrogen and oxygen atoms in total. The lowest BCUT2D eigenvalue weighted by Gasteiger charge is -2.23. The Morgan fingerprint density at radius 1 is 1.08 bits per heavy atom. The predicted octanol–water partition coefficient (Wildman–Crippen LogP) is 3.60. The quantitative estimate of drug-likeness (QED) is 0.613. The lowest BCUT2D eigenvalue weighted by Crippen LogP contribution is -2.36. The van der Waals surface area contributed by atoms with Crippen LogP contribution >= 0.6 is 15.9 Å². The van der Waals surface area contributed by atoms with Gasteiger partial charge in [-0.25, -0.2) is 8.42 Å². The van der Waals surface area contributed by atoms with Crippen molar-refractivity contribution in [2.24, 2.45) is 0 Å². The highest BCUT2D eigenvalue weighted by atomic mass is 79.9. The Morgan fingerprint density at radius 3 is 2.15 bits per heavy atom. The molecule has 2 aromatic carbocycles. The van der Waals surface area contributed by atoms with E-state index in [9.17, 15) is 13.2 Å². The molecule has 140 valence electrons. The third-order valence-corrected chi connectivity index (χ3v) is 5.72. The van der Waals surface area contributed by atoms with E-state index in [4.69, 9.17) is 4.74 Å². The van der Waals surface area contributed by atoms with E-state index >= 15 is 0 Å². The number of sulfonamides is 1. The average Bonchev–Trinajstić information content (AvgIpc) is 2.60. The summed E-state index contributed by atoms with van der Waals surface area (Å²) in [5.74, 6) is -0.0454. The van der Waals surface area contributed by atoms with E-state index in [0.29, 0.717) is 11.4 Å². The number of halogens is 1. The van der Waals surface area contributed by atoms with Crippen LogP contribution in [0.3, 0.4) is 0 Å². The average molecular weight is 442 g/mol. The molecule has 0 N–H and O–H groups in total. The van der Waals surface area contributed by atoms with Crippen molar-refractivity contribution in [1.29, 1.82) is 0 Å². The Balaban J connectivity index is 2.42. The normalized spacial score (nSPS) is 11.3. The van der Waals surface area contributed by atoms with Crippen LogP contribution < -0.4 is 9.04 Å². The van der Waals surface area contributed by atoms with Crippen molar-refractivity contribution in [2.45, 2.75) is 24.8 Å². The molecule has 0 bridgehead atoms. The molecule has 0 unspecified atom stereocenters. The maximum atomic E-state index is 13.0. The first-order chi connectivity index (χ1) is 12.2. The molecule has 0 aliphatic rings. The van der Waals surface area contributed by atoms with Crippen molar-refractivity contribution < 1.29 is 22.7 Å². The van der Waals surface area contributed by atoms with Crippen LogP contribution in [-0.2, 0) is 19.6 Å². The molecule has 0 heterocycles. The maximum Gasteiger partial charge on any atom is 0.326 e. The molecule has 0 saturated carbocycles. The number of nitrogens with zero attached hydrogens (tertiary/aromatic N) is 1. The molecule has 0 aliphatic heterocycles. The SMILES string of the molecule is COC(=O)CN(c1ccc(OC(C)C)cc1)S(=O)(=O)c1ccc(Br)cc1. The Labute approximate surface area is 161 Å². The predicted molar refractivity (Wildman–Crippen MR) is 103 cm³/mol. The van der Waals surface area contributed by atoms with Crippen LogP contribution in [0.25, 0.3) is 0 Å². The van der Waals surface area contributed by atoms with Gasteiger partial charge in [0, 0.05) is 4.47 Å². The number of hydrogen-bond acceptors (Lipinski definition) is 5. The van der Waals surface area contributed by atoms with Crippen molar-refractivity contribution in [3.05, 3.63) is 53.0 Å². The van der Waals surface area contributed by atoms with Crippen molar-refractivity contribution in [2.75, 3.05) is 18.0 Å². The minimum Gasteiger partial charge on any atom is -0.491 e. The van der Waals surface area contributed by atoms with Gasteiger partial charge in [-0.05, 0) is 62.4 Å². The minimum absolute atomic E-state index is 0.00137. The standard InChI is InChI=1S/C18H20BrNO5S/c1-13(2)25-16-8-6-15(7-9-16)20(12-18(21)24-3)26(22,23)17-10-4-14(19)5-11-17/h4-11,13H,12H2,1-3H3. The third-order valence-electron chi connectivity index (χ3n) is 3.40. The number of carbonyl (C=O) groups excluding carboxylic acids is 1. The summed E-state index contributed by atoms with van der Waals surface area (Å²) in [7, 11) is -2.73. The summed E-state index contributed by atoms with van der Waals surface area (Å²) < 4.78 is 38.1. The monoisotopic (exact) mass is 441 g/mol. The molecular weight excluding hydrogens is 422 g/mol. The van der Waals surface area contributed by atoms with Crippen molar-refractivity contribution in [3.63, 3.8) is 0 Å². The van der Waals surface area contributed by atoms with E-state index in [-0.39, 0.29) is 11.0 Å². The first kappa shape index (κ1) is 20.3. The van der Waals surface area contributed by atoms with E-state index < -0.39 is 22.5 Å². The summed E-state index contributed by atoms with van der Waals surface area (Å²) in [5.41, 5.74) is 0.342. The zero-order valence-corrected chi connectivity index (χ0v) is 17.1. The van der Waals surface area contributed by atoms with E-state index in [1.165, 1.54) is 19.2 Å². The molecule has 0 fully saturated rings. The Bertz CT molecular complexity index is 848. The summed E-state index contributed by atoms with van der Waals surface area (Å²) in [6.07, 6.45) is -0.00137. The lowest BCUT2D eigenvalue weighted by molar-refractivity contribution is -0.138. The first-order valence-corrected chi connectivity index (χ1v) is 10.1. The number of anilines is 1. The smallest absolute Gasteiger partial charge is 0.326 e. The van der Waals surface area contributed by atoms with Crippen LogP contribution in [0.15, 0.2) is 57.9 Å². The zero-order chi connectivity index (χ0) is 19.3. The summed E-state index contributed by atoms with van der Waals surface area (Å²) in [6, 6.07) is 12.7. The zero-order valence-electron chi connectivity index (χ0n) is 14.7. The van der Waals surface area contributed by atoms with Crippen molar-refractivity contribution >= 4 is 37.6 Å². The molecule has 0 radical (unpaired) electrons. The fourth-order valence-corrected chi connectivity index (χ4v) is 3.87. The number of hydrogen-bond donors (Lipinski definition) is 0. The molecule has 0 atom stereocenters. The molecule has 0 aliphatic carbocycles. The summed E-state index contributed by atoms with van der Waals surface area (Å²) >= 11 is 3.28. The number of benzene rings is 2. The van der Waals surface area contributed by atoms with Gasteiger partial charge in [0.15, 0.2) is 0 Å². The number of carbonyl (C=O) groups is 1. The molecule has 0 saturated heterocycles. The van der Waals surface area contributed by atoms with Gasteiger partial charge in [-0.3, -0.25) is 9.10 Å². The number of ether oxygens (including phenoxy) is 2. The minimum atomic E-state index is -3.94. The molecule has 0 aromatic heterocycles. The third kappa shape index (κ3) is 4.98. The Morgan fingerprint density at radius 2 is 1.65 bits per heavy atom. The fraction of sp³-hybridized carbons (Fsp3) is 0.278. The Hall–Kier alpha value is -2.06. The second-order valence-corrected chi connectivity index (χ2v) is 8.48. The van der Waals surface area contributed by atoms with Crippen LogP contribution in [0.2, 0.25) is 0 Å². The second kappa shape index (κ2) is 8.55. The lowest BCUT2D eigenvalue weighted by atomic mass is 10.3. The van der Waals surface area contributed by atoms with E-state index in [2.05, 4.69) is 20.7 Å². The first-order valence-electron chi connectivity index (χ1n) is 7.86. The van der Waals surface area contributed by atoms with Gasteiger partial charge in [0.05, 0.1) is 23.8 Å². The van der Waals surface area contributed by atoms with E-state index in [0.717, 1.165) is 8.78 Å². The topological polar surface area (TPSA) is 72.9 Å². The van der Waals surface area contributed by atoms with Crippen LogP contribution in [0.5, 0.6) is 5.75 Å². The highest BCUT2D eigenvalue weighted by molar-refractivity contribution is 9.10. The van der Waals surface area contributed by atoms with Crippen LogP contribution in [0.4, 0.5) is 5.69 Å². The molecule has 8 heteroatoms. The van der Waals surface area contributed by atoms with Gasteiger partial charge in [-0.1, -0.05) is 15.9 Å². The van der Waals surface area contributed by atoms with Gasteiger partial charge >= 0.3 is 5.97 Å². The second-order valence-electron chi connectivity index (χ2n) is 5.70. The highest BCUT2D eigenvalue weighted by Gasteiger charge is 2.27. The van der Waals surface area contributed by atoms with Crippen LogP contribution in [0, 0.1) is 0 Å². The maximum absolute atomic E-state index is 13.0.